The zero-order valence-electron chi connectivity index (χ0n) is 10.8. The normalized spacial score (nSPS) is 11.0. The molecule has 1 N–H and O–H groups in total. The molecular weight excluding hydrogens is 268 g/mol. The first kappa shape index (κ1) is 11.6. The Kier molecular flexibility index (Phi) is 2.43. The minimum atomic E-state index is -0.258. The van der Waals surface area contributed by atoms with Gasteiger partial charge in [0.1, 0.15) is 5.52 Å². The Hall–Kier alpha value is -3.22. The van der Waals surface area contributed by atoms with Crippen molar-refractivity contribution in [2.75, 3.05) is 0 Å². The summed E-state index contributed by atoms with van der Waals surface area (Å²) in [4.78, 5) is 19.5. The first-order chi connectivity index (χ1) is 10.3. The summed E-state index contributed by atoms with van der Waals surface area (Å²) in [5, 5.41) is 8.31. The van der Waals surface area contributed by atoms with Gasteiger partial charge in [-0.25, -0.2) is 14.3 Å². The van der Waals surface area contributed by atoms with Crippen LogP contribution in [-0.2, 0) is 0 Å². The molecule has 0 amide bonds. The second-order valence-corrected chi connectivity index (χ2v) is 4.47. The fraction of sp³-hybridized carbons (Fsp3) is 0. The number of hydrogen-bond donors (Lipinski definition) is 1. The molecule has 0 atom stereocenters. The third-order valence-corrected chi connectivity index (χ3v) is 3.14. The van der Waals surface area contributed by atoms with E-state index in [2.05, 4.69) is 20.2 Å². The number of H-pyrrole nitrogens is 1. The van der Waals surface area contributed by atoms with Crippen molar-refractivity contribution >= 4 is 11.0 Å². The third kappa shape index (κ3) is 1.83. The maximum absolute atomic E-state index is 12.4. The van der Waals surface area contributed by atoms with Gasteiger partial charge in [0.15, 0.2) is 5.52 Å². The topological polar surface area (TPSA) is 81.4 Å². The van der Waals surface area contributed by atoms with Crippen LogP contribution < -0.4 is 5.56 Å². The van der Waals surface area contributed by atoms with Gasteiger partial charge < -0.3 is 0 Å². The van der Waals surface area contributed by atoms with Crippen LogP contribution in [0.15, 0.2) is 59.8 Å². The summed E-state index contributed by atoms with van der Waals surface area (Å²) in [6.45, 7) is 0. The predicted octanol–water partition coefficient (Wildman–Crippen LogP) is 1.29. The van der Waals surface area contributed by atoms with Gasteiger partial charge in [-0.15, -0.1) is 0 Å². The molecule has 4 rings (SSSR count). The van der Waals surface area contributed by atoms with Gasteiger partial charge in [0.2, 0.25) is 5.95 Å². The van der Waals surface area contributed by atoms with Crippen LogP contribution in [0.2, 0.25) is 0 Å². The lowest BCUT2D eigenvalue weighted by Gasteiger charge is -2.03. The van der Waals surface area contributed by atoms with Crippen LogP contribution in [0.1, 0.15) is 0 Å². The van der Waals surface area contributed by atoms with E-state index in [4.69, 9.17) is 0 Å². The number of nitrogens with one attached hydrogen (secondary N) is 1. The number of hydrogen-bond acceptors (Lipinski definition) is 4. The lowest BCUT2D eigenvalue weighted by Crippen LogP contribution is -2.16. The number of benzene rings is 1. The number of aromatic nitrogens is 6. The molecule has 4 aromatic rings. The van der Waals surface area contributed by atoms with Gasteiger partial charge in [-0.05, 0) is 18.2 Å². The number of nitrogens with zero attached hydrogens (tertiary/aromatic N) is 5. The monoisotopic (exact) mass is 278 g/mol. The van der Waals surface area contributed by atoms with Crippen molar-refractivity contribution in [3.63, 3.8) is 0 Å². The Morgan fingerprint density at radius 2 is 1.90 bits per heavy atom. The molecule has 21 heavy (non-hydrogen) atoms. The van der Waals surface area contributed by atoms with Crippen LogP contribution in [-0.4, -0.2) is 29.5 Å². The quantitative estimate of drug-likeness (QED) is 0.599. The summed E-state index contributed by atoms with van der Waals surface area (Å²) in [6.07, 6.45) is 4.91. The molecule has 0 fully saturated rings. The second-order valence-electron chi connectivity index (χ2n) is 4.47. The summed E-state index contributed by atoms with van der Waals surface area (Å²) in [7, 11) is 0. The lowest BCUT2D eigenvalue weighted by atomic mass is 10.3. The zero-order chi connectivity index (χ0) is 14.2. The van der Waals surface area contributed by atoms with E-state index in [9.17, 15) is 4.79 Å². The van der Waals surface area contributed by atoms with Crippen LogP contribution in [0.4, 0.5) is 0 Å². The average molecular weight is 278 g/mol. The largest absolute Gasteiger partial charge is 0.289 e. The third-order valence-electron chi connectivity index (χ3n) is 3.14. The fourth-order valence-electron chi connectivity index (χ4n) is 2.20. The first-order valence-corrected chi connectivity index (χ1v) is 6.36. The SMILES string of the molecule is O=c1[nH]c(-n2cccn2)nc2cnn(-c3ccccc3)c12. The Morgan fingerprint density at radius 1 is 1.05 bits per heavy atom. The van der Waals surface area contributed by atoms with E-state index in [0.717, 1.165) is 5.69 Å². The molecule has 7 heteroatoms. The molecule has 0 radical (unpaired) electrons. The molecule has 0 spiro atoms. The van der Waals surface area contributed by atoms with Gasteiger partial charge in [-0.1, -0.05) is 18.2 Å². The minimum Gasteiger partial charge on any atom is -0.289 e. The maximum atomic E-state index is 12.4. The van der Waals surface area contributed by atoms with Crippen molar-refractivity contribution in [3.8, 4) is 11.6 Å². The molecule has 102 valence electrons. The van der Waals surface area contributed by atoms with Crippen LogP contribution in [0.5, 0.6) is 0 Å². The highest BCUT2D eigenvalue weighted by atomic mass is 16.1. The van der Waals surface area contributed by atoms with Crippen LogP contribution in [0.3, 0.4) is 0 Å². The van der Waals surface area contributed by atoms with Crippen molar-refractivity contribution in [2.45, 2.75) is 0 Å². The van der Waals surface area contributed by atoms with Gasteiger partial charge in [0, 0.05) is 12.4 Å². The Labute approximate surface area is 118 Å². The van der Waals surface area contributed by atoms with Crippen LogP contribution >= 0.6 is 0 Å². The van der Waals surface area contributed by atoms with Crippen LogP contribution in [0, 0.1) is 0 Å². The molecule has 0 saturated heterocycles. The molecule has 0 saturated carbocycles. The van der Waals surface area contributed by atoms with E-state index in [-0.39, 0.29) is 5.56 Å². The van der Waals surface area contributed by atoms with E-state index in [1.807, 2.05) is 30.3 Å². The molecule has 0 aliphatic rings. The van der Waals surface area contributed by atoms with Crippen molar-refractivity contribution in [3.05, 3.63) is 65.3 Å². The molecule has 7 nitrogen and oxygen atoms in total. The predicted molar refractivity (Wildman–Crippen MR) is 76.6 cm³/mol. The Bertz CT molecular complexity index is 952. The molecule has 1 aromatic carbocycles. The molecule has 3 aromatic heterocycles. The van der Waals surface area contributed by atoms with E-state index >= 15 is 0 Å². The second kappa shape index (κ2) is 4.41. The fourth-order valence-corrected chi connectivity index (χ4v) is 2.20. The summed E-state index contributed by atoms with van der Waals surface area (Å²) < 4.78 is 3.08. The van der Waals surface area contributed by atoms with Crippen molar-refractivity contribution < 1.29 is 0 Å². The van der Waals surface area contributed by atoms with E-state index in [1.54, 1.807) is 29.3 Å². The first-order valence-electron chi connectivity index (χ1n) is 6.36. The number of para-hydroxylation sites is 1. The summed E-state index contributed by atoms with van der Waals surface area (Å²) >= 11 is 0. The van der Waals surface area contributed by atoms with E-state index < -0.39 is 0 Å². The Balaban J connectivity index is 1.96. The van der Waals surface area contributed by atoms with Crippen LogP contribution in [0.25, 0.3) is 22.7 Å². The van der Waals surface area contributed by atoms with Gasteiger partial charge >= 0.3 is 0 Å². The maximum Gasteiger partial charge on any atom is 0.279 e. The zero-order valence-corrected chi connectivity index (χ0v) is 10.8. The number of rotatable bonds is 2. The van der Waals surface area contributed by atoms with Gasteiger partial charge in [0.25, 0.3) is 5.56 Å². The van der Waals surface area contributed by atoms with Gasteiger partial charge in [-0.3, -0.25) is 9.78 Å². The highest BCUT2D eigenvalue weighted by Crippen LogP contribution is 2.13. The van der Waals surface area contributed by atoms with E-state index in [0.29, 0.717) is 17.0 Å². The summed E-state index contributed by atoms with van der Waals surface area (Å²) in [5.41, 5.74) is 1.49. The van der Waals surface area contributed by atoms with Crippen molar-refractivity contribution in [1.82, 2.24) is 29.5 Å². The van der Waals surface area contributed by atoms with Crippen molar-refractivity contribution in [2.24, 2.45) is 0 Å². The average Bonchev–Trinajstić information content (AvgIpc) is 3.17. The molecule has 0 aliphatic heterocycles. The summed E-state index contributed by atoms with van der Waals surface area (Å²) in [6, 6.07) is 11.2. The van der Waals surface area contributed by atoms with Crippen molar-refractivity contribution in [1.29, 1.82) is 0 Å². The Morgan fingerprint density at radius 3 is 2.67 bits per heavy atom. The summed E-state index contributed by atoms with van der Waals surface area (Å²) in [5.74, 6) is 0.366. The molecule has 0 unspecified atom stereocenters. The van der Waals surface area contributed by atoms with Gasteiger partial charge in [0.05, 0.1) is 11.9 Å². The van der Waals surface area contributed by atoms with Gasteiger partial charge in [-0.2, -0.15) is 10.2 Å². The van der Waals surface area contributed by atoms with E-state index in [1.165, 1.54) is 4.68 Å². The molecular formula is C14H10N6O. The highest BCUT2D eigenvalue weighted by molar-refractivity contribution is 5.75. The smallest absolute Gasteiger partial charge is 0.279 e. The lowest BCUT2D eigenvalue weighted by molar-refractivity contribution is 0.808. The number of aromatic amines is 1. The molecule has 3 heterocycles. The molecule has 0 bridgehead atoms. The number of fused-ring (bicyclic) bond motifs is 1. The molecule has 0 aliphatic carbocycles. The standard InChI is InChI=1S/C14H10N6O/c21-13-12-11(17-14(18-13)19-8-4-7-15-19)9-16-20(12)10-5-2-1-3-6-10/h1-9H,(H,17,18,21). The minimum absolute atomic E-state index is 0.258. The highest BCUT2D eigenvalue weighted by Gasteiger charge is 2.12.